The standard InChI is InChI=1S/C18H17ClN4O4/c1-18(2)7-10-13(15(18)24)12(14-16(20-10)22(3)21-17(14)25)8-4-5-9(19)11(6-8)23(26)27/h4-6,12,20H,7H2,1-3H3,(H,21,25). The van der Waals surface area contributed by atoms with Crippen molar-refractivity contribution in [2.24, 2.45) is 12.5 Å². The summed E-state index contributed by atoms with van der Waals surface area (Å²) in [5, 5.41) is 17.2. The molecular weight excluding hydrogens is 372 g/mol. The summed E-state index contributed by atoms with van der Waals surface area (Å²) in [6.45, 7) is 3.71. The Morgan fingerprint density at radius 2 is 2.04 bits per heavy atom. The molecule has 1 aromatic carbocycles. The Bertz CT molecular complexity index is 1110. The van der Waals surface area contributed by atoms with Crippen LogP contribution in [0.4, 0.5) is 11.5 Å². The van der Waals surface area contributed by atoms with Crippen molar-refractivity contribution >= 4 is 28.9 Å². The molecule has 4 rings (SSSR count). The number of aromatic amines is 1. The normalized spacial score (nSPS) is 20.3. The maximum Gasteiger partial charge on any atom is 0.288 e. The monoisotopic (exact) mass is 388 g/mol. The number of anilines is 1. The Balaban J connectivity index is 2.00. The molecule has 0 bridgehead atoms. The van der Waals surface area contributed by atoms with Gasteiger partial charge in [-0.15, -0.1) is 0 Å². The van der Waals surface area contributed by atoms with Crippen LogP contribution in [-0.2, 0) is 11.8 Å². The highest BCUT2D eigenvalue weighted by molar-refractivity contribution is 6.32. The first-order valence-corrected chi connectivity index (χ1v) is 8.77. The van der Waals surface area contributed by atoms with E-state index in [0.717, 1.165) is 5.70 Å². The largest absolute Gasteiger partial charge is 0.343 e. The number of ketones is 1. The molecule has 1 aliphatic carbocycles. The van der Waals surface area contributed by atoms with Gasteiger partial charge in [-0.25, -0.2) is 0 Å². The van der Waals surface area contributed by atoms with Crippen molar-refractivity contribution in [1.82, 2.24) is 9.78 Å². The quantitative estimate of drug-likeness (QED) is 0.606. The smallest absolute Gasteiger partial charge is 0.288 e. The van der Waals surface area contributed by atoms with E-state index in [1.807, 2.05) is 13.8 Å². The maximum atomic E-state index is 13.1. The zero-order chi connectivity index (χ0) is 19.7. The van der Waals surface area contributed by atoms with E-state index in [4.69, 9.17) is 11.6 Å². The molecule has 2 N–H and O–H groups in total. The minimum Gasteiger partial charge on any atom is -0.343 e. The number of nitro groups is 1. The van der Waals surface area contributed by atoms with E-state index >= 15 is 0 Å². The topological polar surface area (TPSA) is 110 Å². The molecule has 1 aromatic heterocycles. The number of hydrogen-bond acceptors (Lipinski definition) is 5. The van der Waals surface area contributed by atoms with Gasteiger partial charge in [-0.3, -0.25) is 29.5 Å². The molecule has 1 atom stereocenters. The Morgan fingerprint density at radius 1 is 1.33 bits per heavy atom. The molecule has 0 saturated carbocycles. The van der Waals surface area contributed by atoms with E-state index in [9.17, 15) is 19.7 Å². The summed E-state index contributed by atoms with van der Waals surface area (Å²) < 4.78 is 1.56. The second kappa shape index (κ2) is 5.56. The fraction of sp³-hybridized carbons (Fsp3) is 0.333. The van der Waals surface area contributed by atoms with Gasteiger partial charge in [-0.1, -0.05) is 31.5 Å². The molecule has 2 aliphatic rings. The van der Waals surface area contributed by atoms with E-state index < -0.39 is 16.3 Å². The summed E-state index contributed by atoms with van der Waals surface area (Å²) in [6.07, 6.45) is 0.506. The third kappa shape index (κ3) is 2.43. The minimum atomic E-state index is -0.688. The van der Waals surface area contributed by atoms with E-state index in [-0.39, 0.29) is 22.1 Å². The molecule has 140 valence electrons. The van der Waals surface area contributed by atoms with Gasteiger partial charge in [-0.05, 0) is 11.6 Å². The third-order valence-corrected chi connectivity index (χ3v) is 5.57. The first-order valence-electron chi connectivity index (χ1n) is 8.39. The lowest BCUT2D eigenvalue weighted by molar-refractivity contribution is -0.384. The maximum absolute atomic E-state index is 13.1. The number of aromatic nitrogens is 2. The number of nitro benzene ring substituents is 1. The second-order valence-electron chi connectivity index (χ2n) is 7.57. The number of rotatable bonds is 2. The Hall–Kier alpha value is -2.87. The Kier molecular flexibility index (Phi) is 3.61. The van der Waals surface area contributed by atoms with Crippen molar-refractivity contribution in [3.63, 3.8) is 0 Å². The van der Waals surface area contributed by atoms with Gasteiger partial charge in [0.2, 0.25) is 0 Å². The first-order chi connectivity index (χ1) is 12.6. The molecule has 1 aliphatic heterocycles. The van der Waals surface area contributed by atoms with Gasteiger partial charge in [0.05, 0.1) is 10.5 Å². The number of nitrogens with one attached hydrogen (secondary N) is 2. The molecule has 2 heterocycles. The highest BCUT2D eigenvalue weighted by Gasteiger charge is 2.47. The second-order valence-corrected chi connectivity index (χ2v) is 7.98. The van der Waals surface area contributed by atoms with Crippen LogP contribution < -0.4 is 10.9 Å². The third-order valence-electron chi connectivity index (χ3n) is 5.25. The molecule has 0 spiro atoms. The number of carbonyl (C=O) groups excluding carboxylic acids is 1. The molecule has 0 fully saturated rings. The lowest BCUT2D eigenvalue weighted by Gasteiger charge is -2.25. The number of aryl methyl sites for hydroxylation is 1. The lowest BCUT2D eigenvalue weighted by Crippen LogP contribution is -2.26. The molecule has 8 nitrogen and oxygen atoms in total. The number of nitrogens with zero attached hydrogens (tertiary/aromatic N) is 2. The van der Waals surface area contributed by atoms with Gasteiger partial charge in [0.15, 0.2) is 5.78 Å². The SMILES string of the molecule is Cn1[nH]c(=O)c2c1NC1=C(C(=O)C(C)(C)C1)C2c1ccc(Cl)c([N+](=O)[O-])c1. The van der Waals surface area contributed by atoms with E-state index in [0.29, 0.717) is 28.9 Å². The van der Waals surface area contributed by atoms with Crippen LogP contribution in [0.3, 0.4) is 0 Å². The van der Waals surface area contributed by atoms with Crippen molar-refractivity contribution in [1.29, 1.82) is 0 Å². The molecular formula is C18H17ClN4O4. The summed E-state index contributed by atoms with van der Waals surface area (Å²) in [7, 11) is 1.70. The average Bonchev–Trinajstić information content (AvgIpc) is 2.99. The minimum absolute atomic E-state index is 0.00663. The Morgan fingerprint density at radius 3 is 2.70 bits per heavy atom. The summed E-state index contributed by atoms with van der Waals surface area (Å²) in [5.74, 6) is -0.195. The van der Waals surface area contributed by atoms with Gasteiger partial charge in [0, 0.05) is 42.1 Å². The van der Waals surface area contributed by atoms with Gasteiger partial charge >= 0.3 is 0 Å². The van der Waals surface area contributed by atoms with Crippen LogP contribution in [-0.4, -0.2) is 20.5 Å². The highest BCUT2D eigenvalue weighted by atomic mass is 35.5. The molecule has 0 saturated heterocycles. The fourth-order valence-corrected chi connectivity index (χ4v) is 4.17. The fourth-order valence-electron chi connectivity index (χ4n) is 3.98. The number of Topliss-reactive ketones (excluding diaryl/α,β-unsaturated/α-hetero) is 1. The molecule has 27 heavy (non-hydrogen) atoms. The number of allylic oxidation sites excluding steroid dienone is 2. The predicted molar refractivity (Wildman–Crippen MR) is 100 cm³/mol. The number of H-pyrrole nitrogens is 1. The lowest BCUT2D eigenvalue weighted by atomic mass is 9.79. The summed E-state index contributed by atoms with van der Waals surface area (Å²) >= 11 is 5.95. The molecule has 0 amide bonds. The van der Waals surface area contributed by atoms with Gasteiger partial charge in [-0.2, -0.15) is 0 Å². The van der Waals surface area contributed by atoms with Crippen molar-refractivity contribution in [2.45, 2.75) is 26.2 Å². The van der Waals surface area contributed by atoms with Crippen LogP contribution in [0.2, 0.25) is 5.02 Å². The average molecular weight is 389 g/mol. The number of benzene rings is 1. The molecule has 0 radical (unpaired) electrons. The van der Waals surface area contributed by atoms with Crippen LogP contribution >= 0.6 is 11.6 Å². The van der Waals surface area contributed by atoms with Crippen molar-refractivity contribution < 1.29 is 9.72 Å². The zero-order valence-electron chi connectivity index (χ0n) is 14.9. The molecule has 1 unspecified atom stereocenters. The van der Waals surface area contributed by atoms with Crippen LogP contribution in [0.5, 0.6) is 0 Å². The highest BCUT2D eigenvalue weighted by Crippen LogP contribution is 2.50. The van der Waals surface area contributed by atoms with Gasteiger partial charge in [0.1, 0.15) is 10.8 Å². The van der Waals surface area contributed by atoms with Crippen LogP contribution in [0.1, 0.15) is 37.3 Å². The number of carbonyl (C=O) groups is 1. The number of fused-ring (bicyclic) bond motifs is 1. The zero-order valence-corrected chi connectivity index (χ0v) is 15.7. The van der Waals surface area contributed by atoms with E-state index in [1.165, 1.54) is 12.1 Å². The predicted octanol–water partition coefficient (Wildman–Crippen LogP) is 3.09. The van der Waals surface area contributed by atoms with E-state index in [1.54, 1.807) is 17.8 Å². The van der Waals surface area contributed by atoms with Crippen LogP contribution in [0.25, 0.3) is 0 Å². The summed E-state index contributed by atoms with van der Waals surface area (Å²) in [5.41, 5.74) is 0.891. The van der Waals surface area contributed by atoms with Crippen LogP contribution in [0.15, 0.2) is 34.3 Å². The summed E-state index contributed by atoms with van der Waals surface area (Å²) in [6, 6.07) is 4.40. The van der Waals surface area contributed by atoms with E-state index in [2.05, 4.69) is 10.4 Å². The number of hydrogen-bond donors (Lipinski definition) is 2. The van der Waals surface area contributed by atoms with Gasteiger partial charge in [0.25, 0.3) is 11.2 Å². The van der Waals surface area contributed by atoms with Crippen molar-refractivity contribution in [3.05, 3.63) is 66.1 Å². The van der Waals surface area contributed by atoms with Crippen molar-refractivity contribution in [2.75, 3.05) is 5.32 Å². The van der Waals surface area contributed by atoms with Gasteiger partial charge < -0.3 is 5.32 Å². The molecule has 9 heteroatoms. The first kappa shape index (κ1) is 17.5. The summed E-state index contributed by atoms with van der Waals surface area (Å²) in [4.78, 5) is 36.4. The number of halogens is 1. The molecule has 2 aromatic rings. The van der Waals surface area contributed by atoms with Crippen molar-refractivity contribution in [3.8, 4) is 0 Å². The Labute approximate surface area is 159 Å². The van der Waals surface area contributed by atoms with Crippen LogP contribution in [0, 0.1) is 15.5 Å².